The molecule has 5 aromatic rings. The molecule has 12 heteroatoms. The molecule has 12 nitrogen and oxygen atoms in total. The van der Waals surface area contributed by atoms with Crippen LogP contribution in [0.5, 0.6) is 0 Å². The predicted molar refractivity (Wildman–Crippen MR) is 258 cm³/mol. The van der Waals surface area contributed by atoms with Crippen molar-refractivity contribution in [3.8, 4) is 22.4 Å². The van der Waals surface area contributed by atoms with Gasteiger partial charge in [-0.15, -0.1) is 0 Å². The van der Waals surface area contributed by atoms with Crippen LogP contribution in [0.1, 0.15) is 94.9 Å². The lowest BCUT2D eigenvalue weighted by Crippen LogP contribution is -2.54. The number of β-amino-alcohol motifs (C(OH)–C–C–N with tert-alkyl or cyclic N) is 1. The molecule has 1 saturated heterocycles. The Balaban J connectivity index is 0.909. The molecule has 3 heterocycles. The van der Waals surface area contributed by atoms with Crippen molar-refractivity contribution in [1.82, 2.24) is 30.1 Å². The number of rotatable bonds is 25. The van der Waals surface area contributed by atoms with Crippen LogP contribution in [0.3, 0.4) is 0 Å². The number of nitrogens with two attached hydrogens (primary N) is 1. The summed E-state index contributed by atoms with van der Waals surface area (Å²) in [5.41, 5.74) is 14.5. The molecule has 3 atom stereocenters. The lowest BCUT2D eigenvalue weighted by Gasteiger charge is -2.35. The van der Waals surface area contributed by atoms with E-state index in [2.05, 4.69) is 82.0 Å². The highest BCUT2D eigenvalue weighted by Crippen LogP contribution is 2.34. The van der Waals surface area contributed by atoms with Gasteiger partial charge in [-0.3, -0.25) is 14.5 Å². The SMILES string of the molecule is Cc1nn2c(N3CCN(CCO)CC3)cc(-c3ccccc3)nc2c1-c1cccc(CCCCCCCCCCCNC(=O)[C@H](CC(C)C)NC(=O)[C@@H](O)[C@H](N)Cc2ccccc2)c1. The minimum atomic E-state index is -1.40. The van der Waals surface area contributed by atoms with E-state index in [1.54, 1.807) is 0 Å². The van der Waals surface area contributed by atoms with Crippen molar-refractivity contribution in [2.24, 2.45) is 11.7 Å². The number of carbonyl (C=O) groups is 2. The summed E-state index contributed by atoms with van der Waals surface area (Å²) in [6.45, 7) is 11.1. The number of piperazine rings is 1. The van der Waals surface area contributed by atoms with E-state index in [-0.39, 0.29) is 18.4 Å². The van der Waals surface area contributed by atoms with Crippen molar-refractivity contribution in [3.05, 3.63) is 108 Å². The lowest BCUT2D eigenvalue weighted by molar-refractivity contribution is -0.135. The second-order valence-corrected chi connectivity index (χ2v) is 18.0. The number of carbonyl (C=O) groups excluding carboxylic acids is 2. The van der Waals surface area contributed by atoms with Crippen molar-refractivity contribution in [1.29, 1.82) is 0 Å². The van der Waals surface area contributed by atoms with Crippen molar-refractivity contribution in [2.45, 2.75) is 116 Å². The van der Waals surface area contributed by atoms with Gasteiger partial charge in [-0.05, 0) is 61.6 Å². The molecule has 0 saturated carbocycles. The van der Waals surface area contributed by atoms with E-state index in [1.807, 2.05) is 54.8 Å². The standard InChI is InChI=1S/C52H72N8O4/c1-38(2)34-46(56-52(64)49(62)44(53)36-41-21-14-11-15-22-41)51(63)54-27-18-10-8-6-4-5-7-9-13-20-40-23-19-26-43(35-40)48-39(3)57-60-47(59-30-28-58(29-31-59)32-33-61)37-45(55-50(48)60)42-24-16-12-17-25-42/h11-12,14-17,19,21-26,35,37-38,44,46,49,61-62H,4-10,13,18,20,27-34,36,53H2,1-3H3,(H,54,63)(H,56,64)/t44-,46+,49+/m1/s1. The Kier molecular flexibility index (Phi) is 18.7. The average Bonchev–Trinajstić information content (AvgIpc) is 3.64. The number of aromatic nitrogens is 3. The first-order valence-corrected chi connectivity index (χ1v) is 23.8. The summed E-state index contributed by atoms with van der Waals surface area (Å²) in [7, 11) is 0. The number of aliphatic hydroxyl groups is 2. The average molecular weight is 873 g/mol. The Labute approximate surface area is 380 Å². The van der Waals surface area contributed by atoms with Crippen LogP contribution in [0.2, 0.25) is 0 Å². The number of hydrogen-bond acceptors (Lipinski definition) is 9. The number of benzene rings is 3. The summed E-state index contributed by atoms with van der Waals surface area (Å²) >= 11 is 0. The fourth-order valence-electron chi connectivity index (χ4n) is 8.83. The lowest BCUT2D eigenvalue weighted by atomic mass is 9.99. The van der Waals surface area contributed by atoms with Crippen molar-refractivity contribution < 1.29 is 19.8 Å². The van der Waals surface area contributed by atoms with E-state index in [0.29, 0.717) is 25.9 Å². The molecule has 0 unspecified atom stereocenters. The minimum absolute atomic E-state index is 0.180. The molecule has 3 aromatic carbocycles. The van der Waals surface area contributed by atoms with Crippen LogP contribution in [0.25, 0.3) is 28.0 Å². The predicted octanol–water partition coefficient (Wildman–Crippen LogP) is 7.12. The number of fused-ring (bicyclic) bond motifs is 1. The molecular formula is C52H72N8O4. The number of nitrogens with one attached hydrogen (secondary N) is 2. The molecule has 1 fully saturated rings. The highest BCUT2D eigenvalue weighted by atomic mass is 16.3. The number of hydrogen-bond donors (Lipinski definition) is 5. The zero-order chi connectivity index (χ0) is 45.3. The maximum atomic E-state index is 13.1. The maximum absolute atomic E-state index is 13.1. The van der Waals surface area contributed by atoms with Crippen molar-refractivity contribution in [2.75, 3.05) is 50.8 Å². The number of aliphatic hydroxyl groups excluding tert-OH is 2. The molecule has 64 heavy (non-hydrogen) atoms. The van der Waals surface area contributed by atoms with Gasteiger partial charge in [-0.2, -0.15) is 9.61 Å². The summed E-state index contributed by atoms with van der Waals surface area (Å²) in [4.78, 5) is 35.9. The van der Waals surface area contributed by atoms with Gasteiger partial charge in [-0.25, -0.2) is 4.98 Å². The second-order valence-electron chi connectivity index (χ2n) is 18.0. The topological polar surface area (TPSA) is 161 Å². The van der Waals surface area contributed by atoms with Crippen molar-refractivity contribution >= 4 is 23.3 Å². The molecule has 2 aromatic heterocycles. The molecule has 1 aliphatic rings. The Morgan fingerprint density at radius 1 is 0.766 bits per heavy atom. The fraction of sp³-hybridized carbons (Fsp3) is 0.500. The zero-order valence-electron chi connectivity index (χ0n) is 38.4. The zero-order valence-corrected chi connectivity index (χ0v) is 38.4. The largest absolute Gasteiger partial charge is 0.395 e. The van der Waals surface area contributed by atoms with Gasteiger partial charge in [-0.1, -0.05) is 144 Å². The normalized spacial score (nSPS) is 14.8. The Hall–Kier alpha value is -5.14. The van der Waals surface area contributed by atoms with E-state index in [9.17, 15) is 19.8 Å². The van der Waals surface area contributed by atoms with Gasteiger partial charge in [0.2, 0.25) is 5.91 Å². The van der Waals surface area contributed by atoms with E-state index in [4.69, 9.17) is 15.8 Å². The number of anilines is 1. The third kappa shape index (κ3) is 13.9. The van der Waals surface area contributed by atoms with Gasteiger partial charge in [0, 0.05) is 62.5 Å². The quantitative estimate of drug-likeness (QED) is 0.0385. The van der Waals surface area contributed by atoms with Crippen LogP contribution in [-0.2, 0) is 22.4 Å². The first-order valence-electron chi connectivity index (χ1n) is 23.8. The third-order valence-electron chi connectivity index (χ3n) is 12.4. The summed E-state index contributed by atoms with van der Waals surface area (Å²) in [5, 5.41) is 30.9. The minimum Gasteiger partial charge on any atom is -0.395 e. The van der Waals surface area contributed by atoms with E-state index in [0.717, 1.165) is 103 Å². The number of unbranched alkanes of at least 4 members (excludes halogenated alkanes) is 8. The van der Waals surface area contributed by atoms with Crippen LogP contribution in [0.4, 0.5) is 5.82 Å². The van der Waals surface area contributed by atoms with E-state index >= 15 is 0 Å². The smallest absolute Gasteiger partial charge is 0.251 e. The molecule has 0 spiro atoms. The summed E-state index contributed by atoms with van der Waals surface area (Å²) in [6.07, 6.45) is 10.7. The van der Waals surface area contributed by atoms with Crippen molar-refractivity contribution in [3.63, 3.8) is 0 Å². The van der Waals surface area contributed by atoms with Gasteiger partial charge >= 0.3 is 0 Å². The van der Waals surface area contributed by atoms with Gasteiger partial charge in [0.25, 0.3) is 5.91 Å². The highest BCUT2D eigenvalue weighted by molar-refractivity contribution is 5.89. The molecule has 0 radical (unpaired) electrons. The van der Waals surface area contributed by atoms with E-state index in [1.165, 1.54) is 37.7 Å². The van der Waals surface area contributed by atoms with E-state index < -0.39 is 24.1 Å². The highest BCUT2D eigenvalue weighted by Gasteiger charge is 2.29. The van der Waals surface area contributed by atoms with Crippen LogP contribution < -0.4 is 21.3 Å². The number of amides is 2. The number of nitrogens with zero attached hydrogens (tertiary/aromatic N) is 5. The van der Waals surface area contributed by atoms with Crippen LogP contribution >= 0.6 is 0 Å². The maximum Gasteiger partial charge on any atom is 0.251 e. The molecular weight excluding hydrogens is 801 g/mol. The molecule has 2 amide bonds. The second kappa shape index (κ2) is 24.8. The summed E-state index contributed by atoms with van der Waals surface area (Å²) in [5.74, 6) is 0.414. The molecule has 344 valence electrons. The molecule has 1 aliphatic heterocycles. The first-order chi connectivity index (χ1) is 31.1. The summed E-state index contributed by atoms with van der Waals surface area (Å²) in [6, 6.07) is 29.5. The summed E-state index contributed by atoms with van der Waals surface area (Å²) < 4.78 is 2.04. The third-order valence-corrected chi connectivity index (χ3v) is 12.4. The molecule has 6 N–H and O–H groups in total. The number of aryl methyl sites for hydroxylation is 2. The Morgan fingerprint density at radius 2 is 1.39 bits per heavy atom. The van der Waals surface area contributed by atoms with Gasteiger partial charge < -0.3 is 31.5 Å². The fourth-order valence-corrected chi connectivity index (χ4v) is 8.83. The Bertz CT molecular complexity index is 2190. The van der Waals surface area contributed by atoms with Crippen LogP contribution in [0, 0.1) is 12.8 Å². The van der Waals surface area contributed by atoms with Crippen LogP contribution in [0.15, 0.2) is 91.0 Å². The van der Waals surface area contributed by atoms with Crippen LogP contribution in [-0.4, -0.2) is 106 Å². The first kappa shape index (κ1) is 48.3. The van der Waals surface area contributed by atoms with Gasteiger partial charge in [0.05, 0.1) is 18.0 Å². The van der Waals surface area contributed by atoms with Gasteiger partial charge in [0.1, 0.15) is 18.0 Å². The van der Waals surface area contributed by atoms with Gasteiger partial charge in [0.15, 0.2) is 5.65 Å². The molecule has 0 aliphatic carbocycles. The Morgan fingerprint density at radius 3 is 2.06 bits per heavy atom. The molecule has 0 bridgehead atoms. The monoisotopic (exact) mass is 873 g/mol. The molecule has 6 rings (SSSR count).